The van der Waals surface area contributed by atoms with Gasteiger partial charge in [0.05, 0.1) is 5.41 Å². The second-order valence-corrected chi connectivity index (χ2v) is 6.16. The van der Waals surface area contributed by atoms with Gasteiger partial charge in [-0.25, -0.2) is 0 Å². The number of unbranched alkanes of at least 4 members (excludes halogenated alkanes) is 7. The van der Waals surface area contributed by atoms with E-state index in [1.165, 1.54) is 44.9 Å². The molecule has 1 amide bonds. The minimum absolute atomic E-state index is 0.239. The van der Waals surface area contributed by atoms with Crippen LogP contribution in [0, 0.1) is 0 Å². The lowest BCUT2D eigenvalue weighted by Gasteiger charge is -2.26. The number of nitrogens with zero attached hydrogens (tertiary/aromatic N) is 1. The van der Waals surface area contributed by atoms with Gasteiger partial charge in [-0.3, -0.25) is 9.78 Å². The summed E-state index contributed by atoms with van der Waals surface area (Å²) in [6.07, 6.45) is 14.4. The molecule has 3 nitrogen and oxygen atoms in total. The Hall–Kier alpha value is -1.38. The molecule has 2 N–H and O–H groups in total. The number of carbonyl (C=O) groups is 1. The van der Waals surface area contributed by atoms with Crippen molar-refractivity contribution < 1.29 is 4.79 Å². The second kappa shape index (κ2) is 9.54. The molecule has 1 atom stereocenters. The summed E-state index contributed by atoms with van der Waals surface area (Å²) in [6, 6.07) is 3.80. The molecule has 0 saturated carbocycles. The number of pyridine rings is 1. The van der Waals surface area contributed by atoms with Crippen molar-refractivity contribution in [3.8, 4) is 0 Å². The van der Waals surface area contributed by atoms with Gasteiger partial charge in [-0.15, -0.1) is 0 Å². The number of rotatable bonds is 11. The van der Waals surface area contributed by atoms with Crippen LogP contribution in [0.4, 0.5) is 0 Å². The van der Waals surface area contributed by atoms with Gasteiger partial charge < -0.3 is 5.73 Å². The molecule has 0 aromatic carbocycles. The smallest absolute Gasteiger partial charge is 0.227 e. The summed E-state index contributed by atoms with van der Waals surface area (Å²) in [5, 5.41) is 0. The van der Waals surface area contributed by atoms with Crippen LogP contribution in [0.1, 0.15) is 77.2 Å². The Balaban J connectivity index is 2.34. The summed E-state index contributed by atoms with van der Waals surface area (Å²) >= 11 is 0. The Morgan fingerprint density at radius 1 is 1.05 bits per heavy atom. The molecule has 1 heterocycles. The summed E-state index contributed by atoms with van der Waals surface area (Å²) in [4.78, 5) is 15.9. The van der Waals surface area contributed by atoms with E-state index in [0.717, 1.165) is 18.4 Å². The maximum atomic E-state index is 11.9. The fraction of sp³-hybridized carbons (Fsp3) is 0.667. The molecule has 1 aromatic heterocycles. The Morgan fingerprint density at radius 2 is 1.57 bits per heavy atom. The molecule has 0 spiro atoms. The highest BCUT2D eigenvalue weighted by Gasteiger charge is 2.32. The molecule has 118 valence electrons. The number of hydrogen-bond acceptors (Lipinski definition) is 2. The van der Waals surface area contributed by atoms with Gasteiger partial charge in [0, 0.05) is 12.4 Å². The predicted molar refractivity (Wildman–Crippen MR) is 88.0 cm³/mol. The van der Waals surface area contributed by atoms with Gasteiger partial charge in [-0.2, -0.15) is 0 Å². The summed E-state index contributed by atoms with van der Waals surface area (Å²) in [5.74, 6) is -0.239. The van der Waals surface area contributed by atoms with Gasteiger partial charge in [0.2, 0.25) is 5.91 Å². The molecule has 1 unspecified atom stereocenters. The van der Waals surface area contributed by atoms with Gasteiger partial charge in [-0.05, 0) is 31.0 Å². The molecule has 0 aliphatic rings. The van der Waals surface area contributed by atoms with Crippen molar-refractivity contribution in [3.05, 3.63) is 30.1 Å². The van der Waals surface area contributed by atoms with E-state index in [2.05, 4.69) is 11.9 Å². The lowest BCUT2D eigenvalue weighted by molar-refractivity contribution is -0.123. The van der Waals surface area contributed by atoms with Crippen LogP contribution < -0.4 is 5.73 Å². The molecule has 0 fully saturated rings. The first-order valence-corrected chi connectivity index (χ1v) is 8.31. The lowest BCUT2D eigenvalue weighted by Crippen LogP contribution is -2.38. The summed E-state index contributed by atoms with van der Waals surface area (Å²) < 4.78 is 0. The first kappa shape index (κ1) is 17.7. The van der Waals surface area contributed by atoms with Crippen LogP contribution in [0.15, 0.2) is 24.5 Å². The van der Waals surface area contributed by atoms with Gasteiger partial charge in [-0.1, -0.05) is 58.3 Å². The van der Waals surface area contributed by atoms with Gasteiger partial charge in [0.25, 0.3) is 0 Å². The van der Waals surface area contributed by atoms with Crippen LogP contribution in [-0.2, 0) is 10.2 Å². The standard InChI is InChI=1S/C18H30N2O/c1-3-4-5-6-7-8-9-10-13-18(2,17(19)21)16-11-14-20-15-12-16/h11-12,14-15H,3-10,13H2,1-2H3,(H2,19,21). The van der Waals surface area contributed by atoms with Gasteiger partial charge >= 0.3 is 0 Å². The van der Waals surface area contributed by atoms with E-state index >= 15 is 0 Å². The Kier molecular flexibility index (Phi) is 8.03. The summed E-state index contributed by atoms with van der Waals surface area (Å²) in [5.41, 5.74) is 6.05. The fourth-order valence-electron chi connectivity index (χ4n) is 2.74. The van der Waals surface area contributed by atoms with Crippen LogP contribution in [-0.4, -0.2) is 10.9 Å². The van der Waals surface area contributed by atoms with E-state index in [1.807, 2.05) is 19.1 Å². The maximum absolute atomic E-state index is 11.9. The zero-order valence-corrected chi connectivity index (χ0v) is 13.6. The average molecular weight is 290 g/mol. The number of carbonyl (C=O) groups excluding carboxylic acids is 1. The SMILES string of the molecule is CCCCCCCCCCC(C)(C(N)=O)c1ccncc1. The van der Waals surface area contributed by atoms with E-state index in [4.69, 9.17) is 5.73 Å². The number of aromatic nitrogens is 1. The molecule has 0 aliphatic heterocycles. The third-order valence-electron chi connectivity index (χ3n) is 4.39. The minimum Gasteiger partial charge on any atom is -0.369 e. The van der Waals surface area contributed by atoms with E-state index in [9.17, 15) is 4.79 Å². The van der Waals surface area contributed by atoms with E-state index in [0.29, 0.717) is 0 Å². The van der Waals surface area contributed by atoms with Crippen molar-refractivity contribution in [2.24, 2.45) is 5.73 Å². The van der Waals surface area contributed by atoms with E-state index in [1.54, 1.807) is 12.4 Å². The molecule has 21 heavy (non-hydrogen) atoms. The van der Waals surface area contributed by atoms with Crippen LogP contribution in [0.2, 0.25) is 0 Å². The molecular formula is C18H30N2O. The topological polar surface area (TPSA) is 56.0 Å². The first-order valence-electron chi connectivity index (χ1n) is 8.31. The molecule has 3 heteroatoms. The Bertz CT molecular complexity index is 405. The van der Waals surface area contributed by atoms with Crippen LogP contribution in [0.25, 0.3) is 0 Å². The molecule has 0 saturated heterocycles. The zero-order valence-electron chi connectivity index (χ0n) is 13.6. The van der Waals surface area contributed by atoms with Crippen molar-refractivity contribution in [3.63, 3.8) is 0 Å². The van der Waals surface area contributed by atoms with E-state index < -0.39 is 5.41 Å². The average Bonchev–Trinajstić information content (AvgIpc) is 2.50. The normalized spacial score (nSPS) is 13.8. The number of nitrogens with two attached hydrogens (primary N) is 1. The number of primary amides is 1. The van der Waals surface area contributed by atoms with Crippen molar-refractivity contribution in [2.75, 3.05) is 0 Å². The molecule has 0 aliphatic carbocycles. The number of hydrogen-bond donors (Lipinski definition) is 1. The third-order valence-corrected chi connectivity index (χ3v) is 4.39. The van der Waals surface area contributed by atoms with E-state index in [-0.39, 0.29) is 5.91 Å². The third kappa shape index (κ3) is 5.86. The van der Waals surface area contributed by atoms with Gasteiger partial charge in [0.1, 0.15) is 0 Å². The van der Waals surface area contributed by atoms with Crippen molar-refractivity contribution in [1.29, 1.82) is 0 Å². The molecule has 0 radical (unpaired) electrons. The van der Waals surface area contributed by atoms with Crippen molar-refractivity contribution >= 4 is 5.91 Å². The van der Waals surface area contributed by atoms with Gasteiger partial charge in [0.15, 0.2) is 0 Å². The predicted octanol–water partition coefficient (Wildman–Crippen LogP) is 4.36. The van der Waals surface area contributed by atoms with Crippen molar-refractivity contribution in [1.82, 2.24) is 4.98 Å². The quantitative estimate of drug-likeness (QED) is 0.616. The minimum atomic E-state index is -0.564. The molecule has 1 aromatic rings. The summed E-state index contributed by atoms with van der Waals surface area (Å²) in [7, 11) is 0. The number of amides is 1. The highest BCUT2D eigenvalue weighted by Crippen LogP contribution is 2.29. The maximum Gasteiger partial charge on any atom is 0.227 e. The Labute approximate surface area is 129 Å². The Morgan fingerprint density at radius 3 is 2.10 bits per heavy atom. The second-order valence-electron chi connectivity index (χ2n) is 6.16. The zero-order chi connectivity index (χ0) is 15.6. The highest BCUT2D eigenvalue weighted by molar-refractivity contribution is 5.86. The molecule has 1 rings (SSSR count). The van der Waals surface area contributed by atoms with Crippen molar-refractivity contribution in [2.45, 2.75) is 77.0 Å². The highest BCUT2D eigenvalue weighted by atomic mass is 16.1. The lowest BCUT2D eigenvalue weighted by atomic mass is 9.77. The molecular weight excluding hydrogens is 260 g/mol. The van der Waals surface area contributed by atoms with Crippen LogP contribution >= 0.6 is 0 Å². The monoisotopic (exact) mass is 290 g/mol. The first-order chi connectivity index (χ1) is 10.1. The van der Waals surface area contributed by atoms with Crippen LogP contribution in [0.5, 0.6) is 0 Å². The largest absolute Gasteiger partial charge is 0.369 e. The fourth-order valence-corrected chi connectivity index (χ4v) is 2.74. The summed E-state index contributed by atoms with van der Waals surface area (Å²) in [6.45, 7) is 4.19. The molecule has 0 bridgehead atoms. The van der Waals surface area contributed by atoms with Crippen LogP contribution in [0.3, 0.4) is 0 Å².